The molecule has 10 heteroatoms. The number of sulfonamides is 1. The summed E-state index contributed by atoms with van der Waals surface area (Å²) in [6.07, 6.45) is 3.22. The second kappa shape index (κ2) is 7.48. The average Bonchev–Trinajstić information content (AvgIpc) is 2.64. The van der Waals surface area contributed by atoms with E-state index in [1.165, 1.54) is 30.3 Å². The summed E-state index contributed by atoms with van der Waals surface area (Å²) < 4.78 is 23.5. The van der Waals surface area contributed by atoms with Crippen LogP contribution in [-0.4, -0.2) is 29.1 Å². The molecule has 9 nitrogen and oxygen atoms in total. The molecule has 27 heavy (non-hydrogen) atoms. The second-order valence-electron chi connectivity index (χ2n) is 5.57. The SMILES string of the molecule is NS(=O)(=O)c1ccc(NC(=O)Cn2nc(-c3cccnc3)ccc2=O)cc1. The van der Waals surface area contributed by atoms with Gasteiger partial charge in [-0.25, -0.2) is 18.2 Å². The highest BCUT2D eigenvalue weighted by Crippen LogP contribution is 2.14. The number of nitrogens with two attached hydrogens (primary N) is 1. The molecular formula is C17H15N5O4S. The molecule has 0 atom stereocenters. The Bertz CT molecular complexity index is 1130. The summed E-state index contributed by atoms with van der Waals surface area (Å²) >= 11 is 0. The zero-order valence-electron chi connectivity index (χ0n) is 13.9. The van der Waals surface area contributed by atoms with Gasteiger partial charge in [0.15, 0.2) is 0 Å². The van der Waals surface area contributed by atoms with E-state index in [0.29, 0.717) is 16.9 Å². The Balaban J connectivity index is 1.75. The van der Waals surface area contributed by atoms with Crippen LogP contribution in [0.2, 0.25) is 0 Å². The fourth-order valence-electron chi connectivity index (χ4n) is 2.29. The first-order valence-electron chi connectivity index (χ1n) is 7.74. The molecule has 1 aromatic carbocycles. The molecule has 0 spiro atoms. The number of amides is 1. The van der Waals surface area contributed by atoms with Crippen LogP contribution in [0.25, 0.3) is 11.3 Å². The molecule has 0 aliphatic heterocycles. The van der Waals surface area contributed by atoms with Crippen LogP contribution in [0.3, 0.4) is 0 Å². The molecule has 138 valence electrons. The van der Waals surface area contributed by atoms with Gasteiger partial charge in [0.2, 0.25) is 15.9 Å². The summed E-state index contributed by atoms with van der Waals surface area (Å²) in [6.45, 7) is -0.302. The number of hydrogen-bond donors (Lipinski definition) is 2. The van der Waals surface area contributed by atoms with Gasteiger partial charge in [0.1, 0.15) is 6.54 Å². The van der Waals surface area contributed by atoms with Crippen molar-refractivity contribution in [1.29, 1.82) is 0 Å². The van der Waals surface area contributed by atoms with E-state index in [9.17, 15) is 18.0 Å². The number of nitrogens with zero attached hydrogens (tertiary/aromatic N) is 3. The number of aromatic nitrogens is 3. The Morgan fingerprint density at radius 1 is 1.11 bits per heavy atom. The molecule has 2 heterocycles. The summed E-state index contributed by atoms with van der Waals surface area (Å²) in [5.41, 5.74) is 1.16. The molecule has 0 saturated heterocycles. The first-order chi connectivity index (χ1) is 12.8. The lowest BCUT2D eigenvalue weighted by Gasteiger charge is -2.08. The van der Waals surface area contributed by atoms with Crippen LogP contribution in [0.15, 0.2) is 70.6 Å². The molecule has 3 aromatic rings. The third kappa shape index (κ3) is 4.63. The maximum Gasteiger partial charge on any atom is 0.267 e. The molecule has 3 N–H and O–H groups in total. The summed E-state index contributed by atoms with van der Waals surface area (Å²) in [5.74, 6) is -0.490. The fourth-order valence-corrected chi connectivity index (χ4v) is 2.81. The molecule has 0 aliphatic carbocycles. The number of hydrogen-bond acceptors (Lipinski definition) is 6. The third-order valence-corrected chi connectivity index (χ3v) is 4.51. The molecular weight excluding hydrogens is 370 g/mol. The van der Waals surface area contributed by atoms with Crippen LogP contribution in [0.4, 0.5) is 5.69 Å². The first-order valence-corrected chi connectivity index (χ1v) is 9.29. The zero-order valence-corrected chi connectivity index (χ0v) is 14.8. The molecule has 0 unspecified atom stereocenters. The predicted molar refractivity (Wildman–Crippen MR) is 98.2 cm³/mol. The monoisotopic (exact) mass is 385 g/mol. The van der Waals surface area contributed by atoms with E-state index in [1.807, 2.05) is 0 Å². The van der Waals surface area contributed by atoms with Crippen LogP contribution in [0.1, 0.15) is 0 Å². The van der Waals surface area contributed by atoms with Gasteiger partial charge in [-0.3, -0.25) is 14.6 Å². The second-order valence-corrected chi connectivity index (χ2v) is 7.14. The normalized spacial score (nSPS) is 11.1. The Hall–Kier alpha value is -3.37. The molecule has 0 radical (unpaired) electrons. The van der Waals surface area contributed by atoms with Gasteiger partial charge in [0.25, 0.3) is 5.56 Å². The number of anilines is 1. The number of benzene rings is 1. The third-order valence-electron chi connectivity index (χ3n) is 3.58. The van der Waals surface area contributed by atoms with Crippen LogP contribution in [0.5, 0.6) is 0 Å². The molecule has 1 amide bonds. The topological polar surface area (TPSA) is 137 Å². The van der Waals surface area contributed by atoms with E-state index in [-0.39, 0.29) is 11.4 Å². The van der Waals surface area contributed by atoms with Crippen molar-refractivity contribution in [3.05, 3.63) is 71.3 Å². The molecule has 0 bridgehead atoms. The highest BCUT2D eigenvalue weighted by atomic mass is 32.2. The summed E-state index contributed by atoms with van der Waals surface area (Å²) in [4.78, 5) is 28.1. The Morgan fingerprint density at radius 3 is 2.48 bits per heavy atom. The Kier molecular flexibility index (Phi) is 5.10. The van der Waals surface area contributed by atoms with E-state index < -0.39 is 21.5 Å². The summed E-state index contributed by atoms with van der Waals surface area (Å²) in [5, 5.41) is 11.8. The van der Waals surface area contributed by atoms with Crippen molar-refractivity contribution < 1.29 is 13.2 Å². The van der Waals surface area contributed by atoms with Crippen molar-refractivity contribution in [2.75, 3.05) is 5.32 Å². The van der Waals surface area contributed by atoms with Gasteiger partial charge in [-0.15, -0.1) is 0 Å². The van der Waals surface area contributed by atoms with Crippen molar-refractivity contribution in [3.63, 3.8) is 0 Å². The lowest BCUT2D eigenvalue weighted by Crippen LogP contribution is -2.29. The van der Waals surface area contributed by atoms with Crippen molar-refractivity contribution in [2.24, 2.45) is 5.14 Å². The van der Waals surface area contributed by atoms with Crippen LogP contribution in [0, 0.1) is 0 Å². The van der Waals surface area contributed by atoms with Crippen molar-refractivity contribution in [1.82, 2.24) is 14.8 Å². The summed E-state index contributed by atoms with van der Waals surface area (Å²) in [6, 6.07) is 11.8. The Labute approximate surface area is 154 Å². The lowest BCUT2D eigenvalue weighted by molar-refractivity contribution is -0.117. The fraction of sp³-hybridized carbons (Fsp3) is 0.0588. The van der Waals surface area contributed by atoms with Crippen molar-refractivity contribution in [3.8, 4) is 11.3 Å². The number of carbonyl (C=O) groups is 1. The first kappa shape index (κ1) is 18.4. The van der Waals surface area contributed by atoms with E-state index in [0.717, 1.165) is 4.68 Å². The standard InChI is InChI=1S/C17H15N5O4S/c18-27(25,26)14-5-3-13(4-6-14)20-16(23)11-22-17(24)8-7-15(21-22)12-2-1-9-19-10-12/h1-10H,11H2,(H,20,23)(H2,18,25,26). The van der Waals surface area contributed by atoms with Gasteiger partial charge in [-0.2, -0.15) is 5.10 Å². The number of carbonyl (C=O) groups excluding carboxylic acids is 1. The maximum absolute atomic E-state index is 12.2. The molecule has 3 rings (SSSR count). The van der Waals surface area contributed by atoms with Gasteiger partial charge in [0, 0.05) is 29.7 Å². The zero-order chi connectivity index (χ0) is 19.4. The lowest BCUT2D eigenvalue weighted by atomic mass is 10.2. The van der Waals surface area contributed by atoms with Crippen LogP contribution in [-0.2, 0) is 21.4 Å². The minimum atomic E-state index is -3.81. The van der Waals surface area contributed by atoms with E-state index in [1.54, 1.807) is 30.6 Å². The van der Waals surface area contributed by atoms with E-state index in [4.69, 9.17) is 5.14 Å². The van der Waals surface area contributed by atoms with Crippen molar-refractivity contribution in [2.45, 2.75) is 11.4 Å². The smallest absolute Gasteiger partial charge is 0.267 e. The average molecular weight is 385 g/mol. The molecule has 0 fully saturated rings. The maximum atomic E-state index is 12.2. The molecule has 0 saturated carbocycles. The Morgan fingerprint density at radius 2 is 1.85 bits per heavy atom. The number of pyridine rings is 1. The van der Waals surface area contributed by atoms with Crippen LogP contribution >= 0.6 is 0 Å². The highest BCUT2D eigenvalue weighted by Gasteiger charge is 2.10. The van der Waals surface area contributed by atoms with Gasteiger partial charge >= 0.3 is 0 Å². The molecule has 0 aliphatic rings. The quantitative estimate of drug-likeness (QED) is 0.659. The van der Waals surface area contributed by atoms with Crippen LogP contribution < -0.4 is 16.0 Å². The van der Waals surface area contributed by atoms with Gasteiger partial charge in [-0.1, -0.05) is 0 Å². The van der Waals surface area contributed by atoms with Gasteiger partial charge < -0.3 is 5.32 Å². The van der Waals surface area contributed by atoms with E-state index >= 15 is 0 Å². The predicted octanol–water partition coefficient (Wildman–Crippen LogP) is 0.591. The number of nitrogens with one attached hydrogen (secondary N) is 1. The number of rotatable bonds is 5. The largest absolute Gasteiger partial charge is 0.324 e. The van der Waals surface area contributed by atoms with E-state index in [2.05, 4.69) is 15.4 Å². The highest BCUT2D eigenvalue weighted by molar-refractivity contribution is 7.89. The minimum Gasteiger partial charge on any atom is -0.324 e. The summed E-state index contributed by atoms with van der Waals surface area (Å²) in [7, 11) is -3.81. The minimum absolute atomic E-state index is 0.0671. The van der Waals surface area contributed by atoms with Gasteiger partial charge in [0.05, 0.1) is 10.6 Å². The van der Waals surface area contributed by atoms with Crippen molar-refractivity contribution >= 4 is 21.6 Å². The molecule has 2 aromatic heterocycles. The van der Waals surface area contributed by atoms with Gasteiger partial charge in [-0.05, 0) is 42.5 Å². The number of primary sulfonamides is 1.